The van der Waals surface area contributed by atoms with Crippen molar-refractivity contribution in [3.63, 3.8) is 0 Å². The number of ether oxygens (including phenoxy) is 1. The Morgan fingerprint density at radius 3 is 2.32 bits per heavy atom. The Morgan fingerprint density at radius 1 is 1.16 bits per heavy atom. The van der Waals surface area contributed by atoms with Gasteiger partial charge < -0.3 is 9.84 Å². The topological polar surface area (TPSA) is 32.7 Å². The molecule has 1 N–H and O–H groups in total. The Morgan fingerprint density at radius 2 is 1.79 bits per heavy atom. The number of methoxy groups -OCH3 is 1. The van der Waals surface area contributed by atoms with E-state index in [1.54, 1.807) is 7.11 Å². The van der Waals surface area contributed by atoms with Crippen LogP contribution < -0.4 is 0 Å². The maximum absolute atomic E-state index is 10.3. The summed E-state index contributed by atoms with van der Waals surface area (Å²) in [6.45, 7) is 6.64. The number of hydrogen-bond acceptors (Lipinski definition) is 3. The third-order valence-electron chi connectivity index (χ3n) is 3.63. The molecule has 1 aromatic carbocycles. The standard InChI is InChI=1S/C16H27NO2/c1-4-15(5-2)17(11-12-19-3)13-16(18)14-9-7-6-8-10-14/h6-10,15-16,18H,4-5,11-13H2,1-3H3. The summed E-state index contributed by atoms with van der Waals surface area (Å²) in [4.78, 5) is 2.33. The molecule has 3 nitrogen and oxygen atoms in total. The average molecular weight is 265 g/mol. The first-order valence-electron chi connectivity index (χ1n) is 7.18. The lowest BCUT2D eigenvalue weighted by atomic mass is 10.1. The number of aliphatic hydroxyl groups is 1. The third kappa shape index (κ3) is 5.31. The van der Waals surface area contributed by atoms with Crippen molar-refractivity contribution in [3.05, 3.63) is 35.9 Å². The molecule has 0 spiro atoms. The first-order chi connectivity index (χ1) is 9.22. The van der Waals surface area contributed by atoms with E-state index in [1.165, 1.54) is 0 Å². The molecule has 1 unspecified atom stereocenters. The van der Waals surface area contributed by atoms with Crippen LogP contribution in [0.15, 0.2) is 30.3 Å². The Hall–Kier alpha value is -0.900. The monoisotopic (exact) mass is 265 g/mol. The Labute approximate surface area is 117 Å². The molecule has 0 saturated carbocycles. The molecule has 3 heteroatoms. The minimum absolute atomic E-state index is 0.432. The summed E-state index contributed by atoms with van der Waals surface area (Å²) in [5, 5.41) is 10.3. The quantitative estimate of drug-likeness (QED) is 0.745. The molecule has 0 aliphatic carbocycles. The molecule has 0 bridgehead atoms. The molecule has 0 aliphatic heterocycles. The predicted molar refractivity (Wildman–Crippen MR) is 79.2 cm³/mol. The molecule has 19 heavy (non-hydrogen) atoms. The van der Waals surface area contributed by atoms with Crippen molar-refractivity contribution in [2.75, 3.05) is 26.8 Å². The highest BCUT2D eigenvalue weighted by atomic mass is 16.5. The van der Waals surface area contributed by atoms with Gasteiger partial charge in [0.2, 0.25) is 0 Å². The Balaban J connectivity index is 2.65. The zero-order chi connectivity index (χ0) is 14.1. The summed E-state index contributed by atoms with van der Waals surface area (Å²) in [6.07, 6.45) is 1.77. The van der Waals surface area contributed by atoms with Gasteiger partial charge in [-0.1, -0.05) is 44.2 Å². The average Bonchev–Trinajstić information content (AvgIpc) is 2.46. The summed E-state index contributed by atoms with van der Waals surface area (Å²) < 4.78 is 5.18. The number of benzene rings is 1. The van der Waals surface area contributed by atoms with Gasteiger partial charge in [-0.15, -0.1) is 0 Å². The van der Waals surface area contributed by atoms with Gasteiger partial charge in [0.25, 0.3) is 0 Å². The highest BCUT2D eigenvalue weighted by Crippen LogP contribution is 2.17. The first kappa shape index (κ1) is 16.2. The fourth-order valence-corrected chi connectivity index (χ4v) is 2.44. The number of nitrogens with zero attached hydrogens (tertiary/aromatic N) is 1. The second kappa shape index (κ2) is 9.08. The van der Waals surface area contributed by atoms with Gasteiger partial charge in [0.1, 0.15) is 0 Å². The molecule has 0 amide bonds. The van der Waals surface area contributed by atoms with E-state index < -0.39 is 6.10 Å². The van der Waals surface area contributed by atoms with Gasteiger partial charge >= 0.3 is 0 Å². The zero-order valence-electron chi connectivity index (χ0n) is 12.4. The number of aliphatic hydroxyl groups excluding tert-OH is 1. The lowest BCUT2D eigenvalue weighted by Crippen LogP contribution is -2.39. The van der Waals surface area contributed by atoms with Gasteiger partial charge in [-0.3, -0.25) is 4.90 Å². The van der Waals surface area contributed by atoms with Gasteiger partial charge in [-0.2, -0.15) is 0 Å². The molecule has 108 valence electrons. The van der Waals surface area contributed by atoms with Gasteiger partial charge in [-0.05, 0) is 18.4 Å². The second-order valence-corrected chi connectivity index (χ2v) is 4.88. The van der Waals surface area contributed by atoms with Crippen molar-refractivity contribution in [3.8, 4) is 0 Å². The Bertz CT molecular complexity index is 325. The molecule has 1 atom stereocenters. The van der Waals surface area contributed by atoms with E-state index in [4.69, 9.17) is 4.74 Å². The molecule has 0 fully saturated rings. The van der Waals surface area contributed by atoms with Gasteiger partial charge in [0, 0.05) is 26.2 Å². The first-order valence-corrected chi connectivity index (χ1v) is 7.18. The van der Waals surface area contributed by atoms with Gasteiger partial charge in [0.15, 0.2) is 0 Å². The van der Waals surface area contributed by atoms with Crippen LogP contribution >= 0.6 is 0 Å². The van der Waals surface area contributed by atoms with Crippen LogP contribution in [0, 0.1) is 0 Å². The van der Waals surface area contributed by atoms with Crippen molar-refractivity contribution in [1.29, 1.82) is 0 Å². The molecular weight excluding hydrogens is 238 g/mol. The van der Waals surface area contributed by atoms with E-state index in [0.29, 0.717) is 19.2 Å². The van der Waals surface area contributed by atoms with Gasteiger partial charge in [-0.25, -0.2) is 0 Å². The van der Waals surface area contributed by atoms with E-state index in [1.807, 2.05) is 30.3 Å². The van der Waals surface area contributed by atoms with E-state index in [2.05, 4.69) is 18.7 Å². The smallest absolute Gasteiger partial charge is 0.0917 e. The number of hydrogen-bond donors (Lipinski definition) is 1. The molecule has 0 radical (unpaired) electrons. The summed E-state index contributed by atoms with van der Waals surface area (Å²) in [7, 11) is 1.72. The van der Waals surface area contributed by atoms with Crippen molar-refractivity contribution in [1.82, 2.24) is 4.90 Å². The SMILES string of the molecule is CCC(CC)N(CCOC)CC(O)c1ccccc1. The fraction of sp³-hybridized carbons (Fsp3) is 0.625. The normalized spacial score (nSPS) is 13.2. The van der Waals surface area contributed by atoms with Crippen LogP contribution in [0.2, 0.25) is 0 Å². The minimum Gasteiger partial charge on any atom is -0.387 e. The predicted octanol–water partition coefficient (Wildman–Crippen LogP) is 2.86. The second-order valence-electron chi connectivity index (χ2n) is 4.88. The number of rotatable bonds is 9. The molecule has 0 aliphatic rings. The van der Waals surface area contributed by atoms with E-state index in [0.717, 1.165) is 24.9 Å². The largest absolute Gasteiger partial charge is 0.387 e. The van der Waals surface area contributed by atoms with Crippen molar-refractivity contribution in [2.45, 2.75) is 38.8 Å². The van der Waals surface area contributed by atoms with Crippen molar-refractivity contribution < 1.29 is 9.84 Å². The van der Waals surface area contributed by atoms with E-state index in [-0.39, 0.29) is 0 Å². The minimum atomic E-state index is -0.432. The van der Waals surface area contributed by atoms with Crippen LogP contribution in [0.1, 0.15) is 38.4 Å². The molecule has 0 heterocycles. The molecule has 0 aromatic heterocycles. The van der Waals surface area contributed by atoms with Crippen LogP contribution in [-0.4, -0.2) is 42.9 Å². The molecule has 1 aromatic rings. The van der Waals surface area contributed by atoms with Crippen molar-refractivity contribution in [2.24, 2.45) is 0 Å². The van der Waals surface area contributed by atoms with Crippen LogP contribution in [-0.2, 0) is 4.74 Å². The lowest BCUT2D eigenvalue weighted by Gasteiger charge is -2.32. The third-order valence-corrected chi connectivity index (χ3v) is 3.63. The van der Waals surface area contributed by atoms with Crippen LogP contribution in [0.3, 0.4) is 0 Å². The maximum Gasteiger partial charge on any atom is 0.0917 e. The summed E-state index contributed by atoms with van der Waals surface area (Å²) in [6, 6.07) is 10.4. The fourth-order valence-electron chi connectivity index (χ4n) is 2.44. The Kier molecular flexibility index (Phi) is 7.72. The van der Waals surface area contributed by atoms with E-state index >= 15 is 0 Å². The zero-order valence-corrected chi connectivity index (χ0v) is 12.4. The molecule has 0 saturated heterocycles. The maximum atomic E-state index is 10.3. The highest BCUT2D eigenvalue weighted by molar-refractivity contribution is 5.17. The summed E-state index contributed by atoms with van der Waals surface area (Å²) in [5.74, 6) is 0. The lowest BCUT2D eigenvalue weighted by molar-refractivity contribution is 0.0608. The van der Waals surface area contributed by atoms with Crippen LogP contribution in [0.25, 0.3) is 0 Å². The molecular formula is C16H27NO2. The van der Waals surface area contributed by atoms with Crippen LogP contribution in [0.5, 0.6) is 0 Å². The molecule has 1 rings (SSSR count). The van der Waals surface area contributed by atoms with Gasteiger partial charge in [0.05, 0.1) is 12.7 Å². The highest BCUT2D eigenvalue weighted by Gasteiger charge is 2.19. The van der Waals surface area contributed by atoms with Crippen LogP contribution in [0.4, 0.5) is 0 Å². The van der Waals surface area contributed by atoms with E-state index in [9.17, 15) is 5.11 Å². The van der Waals surface area contributed by atoms with Crippen molar-refractivity contribution >= 4 is 0 Å². The summed E-state index contributed by atoms with van der Waals surface area (Å²) >= 11 is 0. The summed E-state index contributed by atoms with van der Waals surface area (Å²) in [5.41, 5.74) is 0.982.